The van der Waals surface area contributed by atoms with E-state index in [1.807, 2.05) is 19.2 Å². The minimum absolute atomic E-state index is 0.590. The Labute approximate surface area is 114 Å². The third-order valence-corrected chi connectivity index (χ3v) is 3.13. The van der Waals surface area contributed by atoms with Gasteiger partial charge in [0.2, 0.25) is 5.95 Å². The highest BCUT2D eigenvalue weighted by Crippen LogP contribution is 2.20. The summed E-state index contributed by atoms with van der Waals surface area (Å²) in [6.45, 7) is 2.74. The first-order chi connectivity index (χ1) is 8.70. The van der Waals surface area contributed by atoms with Gasteiger partial charge in [0.1, 0.15) is 5.82 Å². The summed E-state index contributed by atoms with van der Waals surface area (Å²) < 4.78 is 0.841. The molecular formula is C12H14BrN5. The molecule has 0 bridgehead atoms. The standard InChI is InChI=1S/C12H14BrN5/c1-8-5-15-4-3-9(8)6-16-11-10(13)7-17-12(14-2)18-11/h3-5,7H,6H2,1-2H3,(H2,14,16,17,18). The quantitative estimate of drug-likeness (QED) is 0.909. The summed E-state index contributed by atoms with van der Waals surface area (Å²) in [4.78, 5) is 12.5. The highest BCUT2D eigenvalue weighted by atomic mass is 79.9. The number of anilines is 2. The van der Waals surface area contributed by atoms with Crippen LogP contribution in [-0.4, -0.2) is 22.0 Å². The molecule has 0 saturated carbocycles. The van der Waals surface area contributed by atoms with E-state index in [0.717, 1.165) is 15.9 Å². The maximum absolute atomic E-state index is 4.34. The fourth-order valence-electron chi connectivity index (χ4n) is 1.49. The smallest absolute Gasteiger partial charge is 0.224 e. The van der Waals surface area contributed by atoms with E-state index in [1.165, 1.54) is 5.56 Å². The van der Waals surface area contributed by atoms with Crippen molar-refractivity contribution < 1.29 is 0 Å². The zero-order chi connectivity index (χ0) is 13.0. The van der Waals surface area contributed by atoms with Crippen molar-refractivity contribution in [3.63, 3.8) is 0 Å². The molecule has 18 heavy (non-hydrogen) atoms. The van der Waals surface area contributed by atoms with Crippen molar-refractivity contribution in [1.29, 1.82) is 0 Å². The maximum Gasteiger partial charge on any atom is 0.224 e. The van der Waals surface area contributed by atoms with Crippen molar-refractivity contribution in [3.05, 3.63) is 40.3 Å². The minimum Gasteiger partial charge on any atom is -0.365 e. The minimum atomic E-state index is 0.590. The van der Waals surface area contributed by atoms with Gasteiger partial charge in [-0.1, -0.05) is 0 Å². The Bertz CT molecular complexity index is 544. The number of nitrogens with zero attached hydrogens (tertiary/aromatic N) is 3. The number of aryl methyl sites for hydroxylation is 1. The second-order valence-electron chi connectivity index (χ2n) is 3.80. The van der Waals surface area contributed by atoms with E-state index >= 15 is 0 Å². The van der Waals surface area contributed by atoms with Gasteiger partial charge < -0.3 is 10.6 Å². The molecule has 6 heteroatoms. The summed E-state index contributed by atoms with van der Waals surface area (Å²) >= 11 is 3.42. The van der Waals surface area contributed by atoms with Gasteiger partial charge in [0, 0.05) is 32.2 Å². The second kappa shape index (κ2) is 5.77. The van der Waals surface area contributed by atoms with Crippen molar-refractivity contribution in [3.8, 4) is 0 Å². The number of hydrogen-bond donors (Lipinski definition) is 2. The summed E-state index contributed by atoms with van der Waals surface area (Å²) in [6, 6.07) is 2.00. The van der Waals surface area contributed by atoms with Gasteiger partial charge in [-0.05, 0) is 40.0 Å². The fraction of sp³-hybridized carbons (Fsp3) is 0.250. The van der Waals surface area contributed by atoms with Gasteiger partial charge in [-0.3, -0.25) is 4.98 Å². The lowest BCUT2D eigenvalue weighted by atomic mass is 10.1. The zero-order valence-corrected chi connectivity index (χ0v) is 11.8. The third-order valence-electron chi connectivity index (χ3n) is 2.55. The van der Waals surface area contributed by atoms with Crippen LogP contribution >= 0.6 is 15.9 Å². The Morgan fingerprint density at radius 3 is 2.89 bits per heavy atom. The van der Waals surface area contributed by atoms with E-state index in [4.69, 9.17) is 0 Å². The van der Waals surface area contributed by atoms with Crippen LogP contribution < -0.4 is 10.6 Å². The molecule has 2 aromatic heterocycles. The molecule has 0 aliphatic carbocycles. The zero-order valence-electron chi connectivity index (χ0n) is 10.2. The van der Waals surface area contributed by atoms with E-state index < -0.39 is 0 Å². The molecule has 2 rings (SSSR count). The Morgan fingerprint density at radius 2 is 2.17 bits per heavy atom. The molecular weight excluding hydrogens is 294 g/mol. The van der Waals surface area contributed by atoms with Gasteiger partial charge in [-0.25, -0.2) is 4.98 Å². The maximum atomic E-state index is 4.34. The first kappa shape index (κ1) is 12.8. The van der Waals surface area contributed by atoms with Gasteiger partial charge in [-0.15, -0.1) is 0 Å². The van der Waals surface area contributed by atoms with E-state index in [9.17, 15) is 0 Å². The van der Waals surface area contributed by atoms with Crippen LogP contribution in [0.25, 0.3) is 0 Å². The summed E-state index contributed by atoms with van der Waals surface area (Å²) in [6.07, 6.45) is 5.36. The lowest BCUT2D eigenvalue weighted by molar-refractivity contribution is 1.05. The Morgan fingerprint density at radius 1 is 1.33 bits per heavy atom. The first-order valence-corrected chi connectivity index (χ1v) is 6.33. The van der Waals surface area contributed by atoms with E-state index in [1.54, 1.807) is 19.4 Å². The normalized spacial score (nSPS) is 10.2. The largest absolute Gasteiger partial charge is 0.365 e. The molecule has 0 aliphatic heterocycles. The molecule has 2 aromatic rings. The van der Waals surface area contributed by atoms with E-state index in [-0.39, 0.29) is 0 Å². The average Bonchev–Trinajstić information content (AvgIpc) is 2.39. The van der Waals surface area contributed by atoms with Crippen molar-refractivity contribution in [2.24, 2.45) is 0 Å². The number of pyridine rings is 1. The highest BCUT2D eigenvalue weighted by Gasteiger charge is 2.04. The van der Waals surface area contributed by atoms with Gasteiger partial charge in [0.15, 0.2) is 0 Å². The lowest BCUT2D eigenvalue weighted by Crippen LogP contribution is -2.06. The van der Waals surface area contributed by atoms with Crippen LogP contribution in [0.15, 0.2) is 29.1 Å². The molecule has 0 unspecified atom stereocenters. The van der Waals surface area contributed by atoms with Gasteiger partial charge in [0.25, 0.3) is 0 Å². The predicted octanol–water partition coefficient (Wildman–Crippen LogP) is 2.60. The summed E-state index contributed by atoms with van der Waals surface area (Å²) in [5.74, 6) is 1.36. The van der Waals surface area contributed by atoms with Crippen LogP contribution in [0.2, 0.25) is 0 Å². The molecule has 5 nitrogen and oxygen atoms in total. The average molecular weight is 308 g/mol. The fourth-order valence-corrected chi connectivity index (χ4v) is 1.82. The number of aromatic nitrogens is 3. The molecule has 0 atom stereocenters. The second-order valence-corrected chi connectivity index (χ2v) is 4.65. The van der Waals surface area contributed by atoms with Gasteiger partial charge in [0.05, 0.1) is 4.47 Å². The third kappa shape index (κ3) is 2.95. The van der Waals surface area contributed by atoms with Crippen molar-refractivity contribution in [2.75, 3.05) is 17.7 Å². The topological polar surface area (TPSA) is 62.7 Å². The number of nitrogens with one attached hydrogen (secondary N) is 2. The van der Waals surface area contributed by atoms with Crippen molar-refractivity contribution in [1.82, 2.24) is 15.0 Å². The molecule has 2 heterocycles. The predicted molar refractivity (Wildman–Crippen MR) is 75.6 cm³/mol. The summed E-state index contributed by atoms with van der Waals surface area (Å²) in [5.41, 5.74) is 2.35. The summed E-state index contributed by atoms with van der Waals surface area (Å²) in [7, 11) is 1.79. The molecule has 0 spiro atoms. The molecule has 0 saturated heterocycles. The van der Waals surface area contributed by atoms with Crippen LogP contribution in [0, 0.1) is 6.92 Å². The Balaban J connectivity index is 2.13. The van der Waals surface area contributed by atoms with E-state index in [2.05, 4.69) is 41.5 Å². The van der Waals surface area contributed by atoms with Crippen LogP contribution in [-0.2, 0) is 6.54 Å². The Kier molecular flexibility index (Phi) is 4.09. The number of hydrogen-bond acceptors (Lipinski definition) is 5. The number of halogens is 1. The molecule has 94 valence electrons. The molecule has 0 aliphatic rings. The van der Waals surface area contributed by atoms with Crippen molar-refractivity contribution >= 4 is 27.7 Å². The van der Waals surface area contributed by atoms with E-state index in [0.29, 0.717) is 12.5 Å². The highest BCUT2D eigenvalue weighted by molar-refractivity contribution is 9.10. The van der Waals surface area contributed by atoms with Gasteiger partial charge in [-0.2, -0.15) is 4.98 Å². The first-order valence-electron chi connectivity index (χ1n) is 5.54. The lowest BCUT2D eigenvalue weighted by Gasteiger charge is -2.10. The van der Waals surface area contributed by atoms with Crippen LogP contribution in [0.1, 0.15) is 11.1 Å². The van der Waals surface area contributed by atoms with Gasteiger partial charge >= 0.3 is 0 Å². The monoisotopic (exact) mass is 307 g/mol. The molecule has 0 fully saturated rings. The van der Waals surface area contributed by atoms with Crippen LogP contribution in [0.4, 0.5) is 11.8 Å². The Hall–Kier alpha value is -1.69. The molecule has 0 radical (unpaired) electrons. The molecule has 0 amide bonds. The summed E-state index contributed by atoms with van der Waals surface area (Å²) in [5, 5.41) is 6.19. The van der Waals surface area contributed by atoms with Crippen molar-refractivity contribution in [2.45, 2.75) is 13.5 Å². The number of rotatable bonds is 4. The van der Waals surface area contributed by atoms with Crippen LogP contribution in [0.5, 0.6) is 0 Å². The molecule has 2 N–H and O–H groups in total. The SMILES string of the molecule is CNc1ncc(Br)c(NCc2ccncc2C)n1. The van der Waals surface area contributed by atoms with Crippen LogP contribution in [0.3, 0.4) is 0 Å². The molecule has 0 aromatic carbocycles.